The maximum atomic E-state index is 13.0. The van der Waals surface area contributed by atoms with Crippen LogP contribution in [0, 0.1) is 18.5 Å². The number of nitrogens with zero attached hydrogens (tertiary/aromatic N) is 1. The molecule has 2 heterocycles. The van der Waals surface area contributed by atoms with Crippen molar-refractivity contribution in [3.63, 3.8) is 0 Å². The van der Waals surface area contributed by atoms with E-state index < -0.39 is 10.0 Å². The third-order valence-corrected chi connectivity index (χ3v) is 6.51. The van der Waals surface area contributed by atoms with Gasteiger partial charge in [-0.15, -0.1) is 0 Å². The van der Waals surface area contributed by atoms with Crippen molar-refractivity contribution >= 4 is 22.2 Å². The van der Waals surface area contributed by atoms with Gasteiger partial charge in [0.15, 0.2) is 0 Å². The number of rotatable bonds is 3. The molecule has 0 spiro atoms. The van der Waals surface area contributed by atoms with Crippen molar-refractivity contribution in [3.05, 3.63) is 57.9 Å². The molecule has 1 aromatic heterocycles. The smallest absolute Gasteiger partial charge is 0.243 e. The number of H-pyrrole nitrogens is 1. The summed E-state index contributed by atoms with van der Waals surface area (Å²) in [6.07, 6.45) is 1.70. The van der Waals surface area contributed by atoms with Crippen LogP contribution in [-0.4, -0.2) is 24.3 Å². The molecule has 0 amide bonds. The zero-order valence-electron chi connectivity index (χ0n) is 13.2. The van der Waals surface area contributed by atoms with E-state index in [1.165, 1.54) is 0 Å². The molecule has 0 radical (unpaired) electrons. The minimum absolute atomic E-state index is 0.131. The highest BCUT2D eigenvalue weighted by atomic mass is 32.2. The predicted octanol–water partition coefficient (Wildman–Crippen LogP) is 3.89. The lowest BCUT2D eigenvalue weighted by atomic mass is 10.0. The van der Waals surface area contributed by atoms with E-state index in [9.17, 15) is 8.42 Å². The summed E-state index contributed by atoms with van der Waals surface area (Å²) >= 11 is 5.14. The first-order chi connectivity index (χ1) is 10.9. The van der Waals surface area contributed by atoms with Crippen LogP contribution < -0.4 is 0 Å². The first kappa shape index (κ1) is 16.4. The van der Waals surface area contributed by atoms with Crippen LogP contribution in [0.1, 0.15) is 35.7 Å². The van der Waals surface area contributed by atoms with Crippen molar-refractivity contribution < 1.29 is 8.42 Å². The van der Waals surface area contributed by atoms with Gasteiger partial charge in [-0.2, -0.15) is 4.31 Å². The quantitative estimate of drug-likeness (QED) is 0.856. The van der Waals surface area contributed by atoms with Crippen LogP contribution in [0.4, 0.5) is 0 Å². The minimum Gasteiger partial charge on any atom is -0.350 e. The molecule has 1 N–H and O–H groups in total. The fraction of sp³-hybridized carbons (Fsp3) is 0.353. The van der Waals surface area contributed by atoms with Crippen LogP contribution in [0.15, 0.2) is 41.3 Å². The maximum Gasteiger partial charge on any atom is 0.243 e. The van der Waals surface area contributed by atoms with Gasteiger partial charge < -0.3 is 4.98 Å². The summed E-state index contributed by atoms with van der Waals surface area (Å²) in [5.41, 5.74) is 2.99. The van der Waals surface area contributed by atoms with Crippen LogP contribution in [0.2, 0.25) is 0 Å². The lowest BCUT2D eigenvalue weighted by Gasteiger charge is -2.25. The van der Waals surface area contributed by atoms with Crippen molar-refractivity contribution in [1.29, 1.82) is 0 Å². The summed E-state index contributed by atoms with van der Waals surface area (Å²) in [4.78, 5) is 3.49. The molecule has 1 saturated heterocycles. The van der Waals surface area contributed by atoms with Gasteiger partial charge in [0.1, 0.15) is 4.64 Å². The van der Waals surface area contributed by atoms with E-state index in [1.54, 1.807) is 16.4 Å². The van der Waals surface area contributed by atoms with Gasteiger partial charge in [-0.1, -0.05) is 36.0 Å². The van der Waals surface area contributed by atoms with Gasteiger partial charge in [-0.05, 0) is 50.5 Å². The predicted molar refractivity (Wildman–Crippen MR) is 93.4 cm³/mol. The topological polar surface area (TPSA) is 53.2 Å². The zero-order chi connectivity index (χ0) is 16.6. The van der Waals surface area contributed by atoms with Crippen molar-refractivity contribution in [1.82, 2.24) is 9.29 Å². The Balaban J connectivity index is 2.01. The third kappa shape index (κ3) is 3.11. The summed E-state index contributed by atoms with van der Waals surface area (Å²) in [6.45, 7) is 4.45. The molecule has 6 heteroatoms. The lowest BCUT2D eigenvalue weighted by molar-refractivity contribution is 0.395. The molecule has 1 aliphatic rings. The Morgan fingerprint density at radius 3 is 2.48 bits per heavy atom. The number of hydrogen-bond acceptors (Lipinski definition) is 3. The second kappa shape index (κ2) is 6.19. The van der Waals surface area contributed by atoms with E-state index in [1.807, 2.05) is 38.1 Å². The number of aromatic nitrogens is 1. The second-order valence-corrected chi connectivity index (χ2v) is 8.32. The number of benzene rings is 1. The highest BCUT2D eigenvalue weighted by Gasteiger charge is 2.36. The van der Waals surface area contributed by atoms with Crippen LogP contribution in [0.5, 0.6) is 0 Å². The van der Waals surface area contributed by atoms with Crippen molar-refractivity contribution in [2.75, 3.05) is 6.54 Å². The van der Waals surface area contributed by atoms with Gasteiger partial charge in [-0.25, -0.2) is 8.42 Å². The number of nitrogens with one attached hydrogen (secondary N) is 1. The Labute approximate surface area is 142 Å². The third-order valence-electron chi connectivity index (χ3n) is 4.35. The molecular weight excluding hydrogens is 328 g/mol. The second-order valence-electron chi connectivity index (χ2n) is 5.99. The van der Waals surface area contributed by atoms with E-state index in [-0.39, 0.29) is 6.04 Å². The van der Waals surface area contributed by atoms with E-state index >= 15 is 0 Å². The maximum absolute atomic E-state index is 13.0. The van der Waals surface area contributed by atoms with Gasteiger partial charge in [0.2, 0.25) is 10.0 Å². The monoisotopic (exact) mass is 348 g/mol. The fourth-order valence-electron chi connectivity index (χ4n) is 3.13. The molecule has 1 aromatic carbocycles. The molecule has 1 fully saturated rings. The van der Waals surface area contributed by atoms with Gasteiger partial charge in [0.25, 0.3) is 0 Å². The lowest BCUT2D eigenvalue weighted by Crippen LogP contribution is -2.31. The Morgan fingerprint density at radius 2 is 1.83 bits per heavy atom. The molecule has 4 nitrogen and oxygen atoms in total. The SMILES string of the molecule is Cc1ccc(S(=O)(=O)N2CCCC2c2ccc(=S)[nH]c2C)cc1. The van der Waals surface area contributed by atoms with Crippen molar-refractivity contribution in [2.24, 2.45) is 0 Å². The fourth-order valence-corrected chi connectivity index (χ4v) is 5.03. The summed E-state index contributed by atoms with van der Waals surface area (Å²) in [7, 11) is -3.49. The van der Waals surface area contributed by atoms with Crippen LogP contribution in [-0.2, 0) is 10.0 Å². The molecule has 1 aliphatic heterocycles. The zero-order valence-corrected chi connectivity index (χ0v) is 14.9. The summed E-state index contributed by atoms with van der Waals surface area (Å²) in [6, 6.07) is 10.7. The Kier molecular flexibility index (Phi) is 4.40. The molecule has 0 bridgehead atoms. The van der Waals surface area contributed by atoms with E-state index in [4.69, 9.17) is 12.2 Å². The summed E-state index contributed by atoms with van der Waals surface area (Å²) < 4.78 is 28.3. The van der Waals surface area contributed by atoms with Gasteiger partial charge >= 0.3 is 0 Å². The van der Waals surface area contributed by atoms with Gasteiger partial charge in [0.05, 0.1) is 10.9 Å². The molecular formula is C17H20N2O2S2. The summed E-state index contributed by atoms with van der Waals surface area (Å²) in [5.74, 6) is 0. The molecule has 1 atom stereocenters. The molecule has 3 rings (SSSR count). The minimum atomic E-state index is -3.49. The number of sulfonamides is 1. The van der Waals surface area contributed by atoms with Gasteiger partial charge in [0, 0.05) is 12.2 Å². The molecule has 1 unspecified atom stereocenters. The normalized spacial score (nSPS) is 19.1. The summed E-state index contributed by atoms with van der Waals surface area (Å²) in [5, 5.41) is 0. The standard InChI is InChI=1S/C17H20N2O2S2/c1-12-5-7-14(8-6-12)23(20,21)19-11-3-4-16(19)15-9-10-17(22)18-13(15)2/h5-10,16H,3-4,11H2,1-2H3,(H,18,22). The molecule has 122 valence electrons. The first-order valence-corrected chi connectivity index (χ1v) is 9.53. The molecule has 2 aromatic rings. The number of pyridine rings is 1. The average molecular weight is 348 g/mol. The van der Waals surface area contributed by atoms with E-state index in [2.05, 4.69) is 4.98 Å². The Hall–Kier alpha value is -1.50. The largest absolute Gasteiger partial charge is 0.350 e. The highest BCUT2D eigenvalue weighted by molar-refractivity contribution is 7.89. The first-order valence-electron chi connectivity index (χ1n) is 7.68. The number of aryl methyl sites for hydroxylation is 2. The van der Waals surface area contributed by atoms with Crippen LogP contribution in [0.25, 0.3) is 0 Å². The van der Waals surface area contributed by atoms with E-state index in [0.717, 1.165) is 29.7 Å². The van der Waals surface area contributed by atoms with Crippen molar-refractivity contribution in [2.45, 2.75) is 37.6 Å². The Morgan fingerprint density at radius 1 is 1.13 bits per heavy atom. The van der Waals surface area contributed by atoms with Crippen LogP contribution >= 0.6 is 12.2 Å². The average Bonchev–Trinajstić information content (AvgIpc) is 2.97. The number of hydrogen-bond donors (Lipinski definition) is 1. The van der Waals surface area contributed by atoms with Crippen LogP contribution in [0.3, 0.4) is 0 Å². The van der Waals surface area contributed by atoms with E-state index in [0.29, 0.717) is 16.1 Å². The van der Waals surface area contributed by atoms with Crippen molar-refractivity contribution in [3.8, 4) is 0 Å². The molecule has 23 heavy (non-hydrogen) atoms. The number of aromatic amines is 1. The molecule has 0 saturated carbocycles. The molecule has 0 aliphatic carbocycles. The Bertz CT molecular complexity index is 870. The van der Waals surface area contributed by atoms with Gasteiger partial charge in [-0.3, -0.25) is 0 Å². The highest BCUT2D eigenvalue weighted by Crippen LogP contribution is 2.37.